The summed E-state index contributed by atoms with van der Waals surface area (Å²) in [5.41, 5.74) is -2.34. The number of amides is 1. The van der Waals surface area contributed by atoms with E-state index < -0.39 is 23.5 Å². The summed E-state index contributed by atoms with van der Waals surface area (Å²) in [5.74, 6) is -2.74. The van der Waals surface area contributed by atoms with Gasteiger partial charge in [0, 0.05) is 13.1 Å². The van der Waals surface area contributed by atoms with E-state index in [0.717, 1.165) is 0 Å². The van der Waals surface area contributed by atoms with Crippen LogP contribution in [0.2, 0.25) is 0 Å². The Morgan fingerprint density at radius 1 is 1.65 bits per heavy atom. The van der Waals surface area contributed by atoms with Crippen molar-refractivity contribution in [3.05, 3.63) is 4.91 Å². The van der Waals surface area contributed by atoms with Crippen molar-refractivity contribution in [1.82, 2.24) is 9.43 Å². The highest BCUT2D eigenvalue weighted by Crippen LogP contribution is 2.34. The fraction of sp³-hybridized carbons (Fsp3) is 0.750. The van der Waals surface area contributed by atoms with Crippen LogP contribution in [0.3, 0.4) is 0 Å². The maximum Gasteiger partial charge on any atom is 0.338 e. The molecule has 1 fully saturated rings. The molecular formula is C8H12ClN3O5. The molecule has 96 valence electrons. The van der Waals surface area contributed by atoms with Gasteiger partial charge in [0.1, 0.15) is 0 Å². The van der Waals surface area contributed by atoms with Crippen LogP contribution in [0.1, 0.15) is 13.3 Å². The third-order valence-corrected chi connectivity index (χ3v) is 3.18. The molecular weight excluding hydrogens is 254 g/mol. The lowest BCUT2D eigenvalue weighted by Gasteiger charge is -2.32. The number of carboxylic acids is 1. The molecule has 2 atom stereocenters. The first-order valence-corrected chi connectivity index (χ1v) is 5.26. The van der Waals surface area contributed by atoms with E-state index >= 15 is 0 Å². The Balaban J connectivity index is 3.21. The highest BCUT2D eigenvalue weighted by atomic mass is 35.5. The lowest BCUT2D eigenvalue weighted by molar-refractivity contribution is -0.164. The van der Waals surface area contributed by atoms with E-state index in [4.69, 9.17) is 16.9 Å². The summed E-state index contributed by atoms with van der Waals surface area (Å²) in [6, 6.07) is 0. The molecule has 0 aromatic carbocycles. The van der Waals surface area contributed by atoms with Crippen molar-refractivity contribution in [2.75, 3.05) is 13.1 Å². The second-order valence-electron chi connectivity index (χ2n) is 3.56. The maximum absolute atomic E-state index is 12.0. The molecule has 9 heteroatoms. The highest BCUT2D eigenvalue weighted by molar-refractivity contribution is 6.21. The number of aliphatic carboxylic acids is 1. The van der Waals surface area contributed by atoms with Crippen LogP contribution < -0.4 is 0 Å². The van der Waals surface area contributed by atoms with E-state index in [1.54, 1.807) is 0 Å². The number of aliphatic hydroxyl groups is 1. The van der Waals surface area contributed by atoms with Gasteiger partial charge >= 0.3 is 5.97 Å². The monoisotopic (exact) mass is 265 g/mol. The third kappa shape index (κ3) is 1.88. The molecule has 0 spiro atoms. The largest absolute Gasteiger partial charge is 0.479 e. The molecule has 2 N–H and O–H groups in total. The summed E-state index contributed by atoms with van der Waals surface area (Å²) in [6.45, 7) is 1.38. The fourth-order valence-electron chi connectivity index (χ4n) is 1.80. The minimum absolute atomic E-state index is 0.0250. The van der Waals surface area contributed by atoms with Gasteiger partial charge in [-0.2, -0.15) is 9.43 Å². The average Bonchev–Trinajstić information content (AvgIpc) is 2.57. The summed E-state index contributed by atoms with van der Waals surface area (Å²) in [7, 11) is 0. The summed E-state index contributed by atoms with van der Waals surface area (Å²) in [6.07, 6.45) is -1.46. The first-order valence-electron chi connectivity index (χ1n) is 4.93. The second-order valence-corrected chi connectivity index (χ2v) is 3.97. The number of carbonyl (C=O) groups excluding carboxylic acids is 1. The molecule has 17 heavy (non-hydrogen) atoms. The number of carbonyl (C=O) groups is 2. The molecule has 1 rings (SSSR count). The predicted octanol–water partition coefficient (Wildman–Crippen LogP) is -0.440. The summed E-state index contributed by atoms with van der Waals surface area (Å²) in [5, 5.41) is 21.7. The minimum Gasteiger partial charge on any atom is -0.479 e. The van der Waals surface area contributed by atoms with Crippen LogP contribution in [0, 0.1) is 4.91 Å². The first-order chi connectivity index (χ1) is 7.92. The Hall–Kier alpha value is -1.25. The van der Waals surface area contributed by atoms with Crippen molar-refractivity contribution in [3.8, 4) is 0 Å². The number of aliphatic hydroxyl groups excluding tert-OH is 1. The molecule has 0 aliphatic carbocycles. The number of carboxylic acid groups (broad SMARTS) is 1. The van der Waals surface area contributed by atoms with E-state index in [0.29, 0.717) is 9.43 Å². The normalized spacial score (nSPS) is 29.0. The minimum atomic E-state index is -2.34. The summed E-state index contributed by atoms with van der Waals surface area (Å²) >= 11 is 5.68. The third-order valence-electron chi connectivity index (χ3n) is 2.75. The fourth-order valence-corrected chi connectivity index (χ4v) is 2.16. The lowest BCUT2D eigenvalue weighted by atomic mass is 9.93. The van der Waals surface area contributed by atoms with Crippen LogP contribution >= 0.6 is 11.8 Å². The van der Waals surface area contributed by atoms with Crippen molar-refractivity contribution in [3.63, 3.8) is 0 Å². The van der Waals surface area contributed by atoms with Crippen molar-refractivity contribution >= 4 is 23.7 Å². The maximum atomic E-state index is 12.0. The van der Waals surface area contributed by atoms with Crippen LogP contribution in [0.15, 0.2) is 5.29 Å². The molecule has 0 aromatic heterocycles. The van der Waals surface area contributed by atoms with E-state index in [-0.39, 0.29) is 19.5 Å². The van der Waals surface area contributed by atoms with Crippen molar-refractivity contribution < 1.29 is 19.8 Å². The Morgan fingerprint density at radius 2 is 2.24 bits per heavy atom. The zero-order valence-electron chi connectivity index (χ0n) is 9.04. The molecule has 8 nitrogen and oxygen atoms in total. The van der Waals surface area contributed by atoms with Gasteiger partial charge in [0.15, 0.2) is 0 Å². The van der Waals surface area contributed by atoms with Gasteiger partial charge in [-0.05, 0) is 25.1 Å². The molecule has 0 bridgehead atoms. The van der Waals surface area contributed by atoms with Crippen LogP contribution in [-0.2, 0) is 9.59 Å². The smallest absolute Gasteiger partial charge is 0.338 e. The number of hydrogen-bond acceptors (Lipinski definition) is 6. The zero-order chi connectivity index (χ0) is 13.2. The Kier molecular flexibility index (Phi) is 4.02. The van der Waals surface area contributed by atoms with Gasteiger partial charge in [-0.15, -0.1) is 4.91 Å². The van der Waals surface area contributed by atoms with Crippen LogP contribution in [-0.4, -0.2) is 56.2 Å². The molecule has 0 radical (unpaired) electrons. The Bertz CT molecular complexity index is 340. The van der Waals surface area contributed by atoms with E-state index in [9.17, 15) is 19.6 Å². The summed E-state index contributed by atoms with van der Waals surface area (Å²) in [4.78, 5) is 33.6. The quantitative estimate of drug-likeness (QED) is 0.309. The SMILES string of the molecule is CCN(N=O)C(=O)[C@@]1(C(=O)O)C(O)CCN1Cl. The van der Waals surface area contributed by atoms with E-state index in [1.165, 1.54) is 6.92 Å². The zero-order valence-corrected chi connectivity index (χ0v) is 9.79. The van der Waals surface area contributed by atoms with Crippen LogP contribution in [0.5, 0.6) is 0 Å². The molecule has 0 aromatic rings. The molecule has 1 heterocycles. The van der Waals surface area contributed by atoms with Crippen molar-refractivity contribution in [1.29, 1.82) is 0 Å². The Morgan fingerprint density at radius 3 is 2.53 bits per heavy atom. The van der Waals surface area contributed by atoms with Gasteiger partial charge in [0.2, 0.25) is 5.54 Å². The molecule has 1 aliphatic rings. The van der Waals surface area contributed by atoms with Gasteiger partial charge in [-0.25, -0.2) is 4.79 Å². The van der Waals surface area contributed by atoms with Crippen molar-refractivity contribution in [2.24, 2.45) is 5.29 Å². The first kappa shape index (κ1) is 13.8. The second kappa shape index (κ2) is 4.94. The number of halogens is 1. The van der Waals surface area contributed by atoms with Gasteiger partial charge in [0.05, 0.1) is 11.4 Å². The average molecular weight is 266 g/mol. The lowest BCUT2D eigenvalue weighted by Crippen LogP contribution is -2.63. The highest BCUT2D eigenvalue weighted by Gasteiger charge is 2.62. The van der Waals surface area contributed by atoms with Gasteiger partial charge in [-0.1, -0.05) is 0 Å². The number of nitroso groups, excluding NO2 is 1. The number of rotatable bonds is 4. The summed E-state index contributed by atoms with van der Waals surface area (Å²) < 4.78 is 0.705. The number of likely N-dealkylation sites (N-methyl/N-ethyl adjacent to an activating group) is 1. The molecule has 1 aliphatic heterocycles. The topological polar surface area (TPSA) is 111 Å². The molecule has 1 amide bonds. The van der Waals surface area contributed by atoms with E-state index in [2.05, 4.69) is 5.29 Å². The van der Waals surface area contributed by atoms with Crippen molar-refractivity contribution in [2.45, 2.75) is 25.0 Å². The number of nitrogens with zero attached hydrogens (tertiary/aromatic N) is 3. The number of hydrogen-bond donors (Lipinski definition) is 2. The molecule has 1 unspecified atom stereocenters. The van der Waals surface area contributed by atoms with Gasteiger partial charge in [-0.3, -0.25) is 4.79 Å². The molecule has 0 saturated carbocycles. The van der Waals surface area contributed by atoms with Crippen LogP contribution in [0.4, 0.5) is 0 Å². The standard InChI is InChI=1S/C8H12ClN3O5/c1-2-11(10-17)6(14)8(7(15)16)5(13)3-4-12(8)9/h5,13H,2-4H2,1H3,(H,15,16)/t5?,8-/m1/s1. The van der Waals surface area contributed by atoms with Crippen LogP contribution in [0.25, 0.3) is 0 Å². The molecule has 1 saturated heterocycles. The van der Waals surface area contributed by atoms with Gasteiger partial charge < -0.3 is 10.2 Å². The van der Waals surface area contributed by atoms with E-state index in [1.807, 2.05) is 0 Å². The predicted molar refractivity (Wildman–Crippen MR) is 56.7 cm³/mol. The Labute approximate surface area is 102 Å². The van der Waals surface area contributed by atoms with Gasteiger partial charge in [0.25, 0.3) is 5.91 Å².